The fourth-order valence-corrected chi connectivity index (χ4v) is 3.39. The van der Waals surface area contributed by atoms with E-state index in [0.717, 1.165) is 33.1 Å². The standard InChI is InChI=1S/C22H17N3O4/c1-14(23-29-15(2)26)16-7-9-17(10-8-16)24-21-6-4-3-5-19(21)20-13-18(25(27)28)11-12-22(20)24/h3-13H,1-2H3. The predicted octanol–water partition coefficient (Wildman–Crippen LogP) is 4.98. The van der Waals surface area contributed by atoms with Crippen LogP contribution in [0.5, 0.6) is 0 Å². The van der Waals surface area contributed by atoms with E-state index in [0.29, 0.717) is 5.71 Å². The van der Waals surface area contributed by atoms with E-state index >= 15 is 0 Å². The number of para-hydroxylation sites is 1. The van der Waals surface area contributed by atoms with Crippen molar-refractivity contribution in [3.63, 3.8) is 0 Å². The van der Waals surface area contributed by atoms with Gasteiger partial charge in [-0.25, -0.2) is 4.79 Å². The first-order chi connectivity index (χ1) is 14.0. The Morgan fingerprint density at radius 3 is 2.34 bits per heavy atom. The molecular formula is C22H17N3O4. The number of rotatable bonds is 4. The summed E-state index contributed by atoms with van der Waals surface area (Å²) in [5, 5.41) is 16.8. The number of nitro benzene ring substituents is 1. The molecule has 144 valence electrons. The normalized spacial score (nSPS) is 11.7. The molecule has 1 heterocycles. The Bertz CT molecular complexity index is 1290. The van der Waals surface area contributed by atoms with E-state index in [1.54, 1.807) is 19.1 Å². The molecule has 0 saturated heterocycles. The third kappa shape index (κ3) is 3.34. The molecule has 0 amide bonds. The summed E-state index contributed by atoms with van der Waals surface area (Å²) in [6.07, 6.45) is 0. The number of nitrogens with zero attached hydrogens (tertiary/aromatic N) is 3. The SMILES string of the molecule is CC(=O)ON=C(C)c1ccc(-n2c3ccccc3c3cc([N+](=O)[O-])ccc32)cc1. The highest BCUT2D eigenvalue weighted by Gasteiger charge is 2.15. The van der Waals surface area contributed by atoms with Crippen molar-refractivity contribution in [1.82, 2.24) is 4.57 Å². The van der Waals surface area contributed by atoms with Crippen LogP contribution < -0.4 is 0 Å². The summed E-state index contributed by atoms with van der Waals surface area (Å²) in [5.74, 6) is -0.472. The average Bonchev–Trinajstić information content (AvgIpc) is 3.05. The second-order valence-electron chi connectivity index (χ2n) is 6.62. The number of aromatic nitrogens is 1. The molecule has 4 rings (SSSR count). The molecule has 0 aliphatic carbocycles. The largest absolute Gasteiger partial charge is 0.331 e. The lowest BCUT2D eigenvalue weighted by Gasteiger charge is -2.09. The lowest BCUT2D eigenvalue weighted by atomic mass is 10.1. The van der Waals surface area contributed by atoms with Gasteiger partial charge in [0.05, 0.1) is 21.7 Å². The van der Waals surface area contributed by atoms with Gasteiger partial charge in [0.2, 0.25) is 0 Å². The Balaban J connectivity index is 1.86. The maximum absolute atomic E-state index is 11.2. The van der Waals surface area contributed by atoms with Gasteiger partial charge in [-0.3, -0.25) is 10.1 Å². The molecule has 0 atom stereocenters. The van der Waals surface area contributed by atoms with Crippen molar-refractivity contribution in [2.45, 2.75) is 13.8 Å². The van der Waals surface area contributed by atoms with Crippen LogP contribution in [0.4, 0.5) is 5.69 Å². The second kappa shape index (κ2) is 7.20. The van der Waals surface area contributed by atoms with Crippen LogP contribution in [0.15, 0.2) is 71.9 Å². The van der Waals surface area contributed by atoms with Gasteiger partial charge in [0.15, 0.2) is 0 Å². The number of hydrogen-bond acceptors (Lipinski definition) is 5. The van der Waals surface area contributed by atoms with E-state index in [1.165, 1.54) is 13.0 Å². The third-order valence-electron chi connectivity index (χ3n) is 4.72. The molecule has 1 aromatic heterocycles. The molecule has 0 saturated carbocycles. The topological polar surface area (TPSA) is 86.7 Å². The lowest BCUT2D eigenvalue weighted by Crippen LogP contribution is -2.00. The molecule has 0 fully saturated rings. The van der Waals surface area contributed by atoms with Gasteiger partial charge in [-0.2, -0.15) is 0 Å². The van der Waals surface area contributed by atoms with E-state index in [4.69, 9.17) is 4.84 Å². The van der Waals surface area contributed by atoms with Crippen molar-refractivity contribution < 1.29 is 14.6 Å². The van der Waals surface area contributed by atoms with Gasteiger partial charge in [-0.05, 0) is 36.8 Å². The van der Waals surface area contributed by atoms with Crippen LogP contribution in [0, 0.1) is 10.1 Å². The summed E-state index contributed by atoms with van der Waals surface area (Å²) in [4.78, 5) is 26.5. The Morgan fingerprint density at radius 2 is 1.66 bits per heavy atom. The Morgan fingerprint density at radius 1 is 0.966 bits per heavy atom. The molecule has 0 radical (unpaired) electrons. The van der Waals surface area contributed by atoms with E-state index in [2.05, 4.69) is 9.72 Å². The van der Waals surface area contributed by atoms with Crippen LogP contribution in [0.2, 0.25) is 0 Å². The molecule has 0 unspecified atom stereocenters. The zero-order valence-corrected chi connectivity index (χ0v) is 15.8. The highest BCUT2D eigenvalue weighted by Crippen LogP contribution is 2.34. The maximum atomic E-state index is 11.2. The molecule has 4 aromatic rings. The van der Waals surface area contributed by atoms with Crippen LogP contribution in [-0.4, -0.2) is 21.2 Å². The maximum Gasteiger partial charge on any atom is 0.331 e. The van der Waals surface area contributed by atoms with Gasteiger partial charge in [0.25, 0.3) is 5.69 Å². The van der Waals surface area contributed by atoms with Crippen LogP contribution in [0.1, 0.15) is 19.4 Å². The van der Waals surface area contributed by atoms with Gasteiger partial charge in [0, 0.05) is 35.5 Å². The highest BCUT2D eigenvalue weighted by atomic mass is 16.7. The van der Waals surface area contributed by atoms with E-state index in [-0.39, 0.29) is 10.6 Å². The fourth-order valence-electron chi connectivity index (χ4n) is 3.39. The molecular weight excluding hydrogens is 370 g/mol. The number of carbonyl (C=O) groups is 1. The average molecular weight is 387 g/mol. The highest BCUT2D eigenvalue weighted by molar-refractivity contribution is 6.10. The van der Waals surface area contributed by atoms with Crippen LogP contribution >= 0.6 is 0 Å². The summed E-state index contributed by atoms with van der Waals surface area (Å²) in [6.45, 7) is 3.06. The monoisotopic (exact) mass is 387 g/mol. The quantitative estimate of drug-likeness (QED) is 0.214. The minimum atomic E-state index is -0.472. The van der Waals surface area contributed by atoms with Gasteiger partial charge in [-0.1, -0.05) is 35.5 Å². The molecule has 3 aromatic carbocycles. The lowest BCUT2D eigenvalue weighted by molar-refractivity contribution is -0.384. The number of carbonyl (C=O) groups excluding carboxylic acids is 1. The van der Waals surface area contributed by atoms with E-state index in [1.807, 2.05) is 48.5 Å². The van der Waals surface area contributed by atoms with Crippen molar-refractivity contribution in [3.05, 3.63) is 82.4 Å². The van der Waals surface area contributed by atoms with Crippen molar-refractivity contribution in [2.75, 3.05) is 0 Å². The van der Waals surface area contributed by atoms with Gasteiger partial charge >= 0.3 is 5.97 Å². The number of non-ortho nitro benzene ring substituents is 1. The summed E-state index contributed by atoms with van der Waals surface area (Å²) in [5.41, 5.74) is 4.23. The summed E-state index contributed by atoms with van der Waals surface area (Å²) in [7, 11) is 0. The first kappa shape index (κ1) is 18.4. The molecule has 0 N–H and O–H groups in total. The Labute approximate surface area is 166 Å². The van der Waals surface area contributed by atoms with E-state index < -0.39 is 5.97 Å². The van der Waals surface area contributed by atoms with Crippen molar-refractivity contribution in [2.24, 2.45) is 5.16 Å². The van der Waals surface area contributed by atoms with Crippen molar-refractivity contribution in [3.8, 4) is 5.69 Å². The van der Waals surface area contributed by atoms with Crippen LogP contribution in [0.3, 0.4) is 0 Å². The van der Waals surface area contributed by atoms with E-state index in [9.17, 15) is 14.9 Å². The Hall–Kier alpha value is -4.00. The summed E-state index contributed by atoms with van der Waals surface area (Å²) in [6, 6.07) is 20.4. The first-order valence-corrected chi connectivity index (χ1v) is 8.96. The minimum Gasteiger partial charge on any atom is -0.318 e. The predicted molar refractivity (Wildman–Crippen MR) is 111 cm³/mol. The zero-order chi connectivity index (χ0) is 20.5. The molecule has 7 nitrogen and oxygen atoms in total. The molecule has 7 heteroatoms. The number of fused-ring (bicyclic) bond motifs is 3. The number of nitro groups is 1. The van der Waals surface area contributed by atoms with Gasteiger partial charge < -0.3 is 9.40 Å². The molecule has 0 spiro atoms. The summed E-state index contributed by atoms with van der Waals surface area (Å²) < 4.78 is 2.07. The minimum absolute atomic E-state index is 0.0630. The molecule has 0 aliphatic rings. The van der Waals surface area contributed by atoms with Crippen molar-refractivity contribution in [1.29, 1.82) is 0 Å². The molecule has 29 heavy (non-hydrogen) atoms. The smallest absolute Gasteiger partial charge is 0.318 e. The molecule has 0 aliphatic heterocycles. The fraction of sp³-hybridized carbons (Fsp3) is 0.0909. The Kier molecular flexibility index (Phi) is 4.56. The van der Waals surface area contributed by atoms with Gasteiger partial charge in [-0.15, -0.1) is 0 Å². The zero-order valence-electron chi connectivity index (χ0n) is 15.8. The number of benzene rings is 3. The summed E-state index contributed by atoms with van der Waals surface area (Å²) >= 11 is 0. The van der Waals surface area contributed by atoms with Crippen LogP contribution in [-0.2, 0) is 9.63 Å². The first-order valence-electron chi connectivity index (χ1n) is 8.96. The van der Waals surface area contributed by atoms with Crippen LogP contribution in [0.25, 0.3) is 27.5 Å². The van der Waals surface area contributed by atoms with Crippen molar-refractivity contribution >= 4 is 39.2 Å². The van der Waals surface area contributed by atoms with Gasteiger partial charge in [0.1, 0.15) is 0 Å². The molecule has 0 bridgehead atoms. The third-order valence-corrected chi connectivity index (χ3v) is 4.72. The number of hydrogen-bond donors (Lipinski definition) is 0. The number of oxime groups is 1. The second-order valence-corrected chi connectivity index (χ2v) is 6.62.